The summed E-state index contributed by atoms with van der Waals surface area (Å²) in [4.78, 5) is 28.3. The highest BCUT2D eigenvalue weighted by Crippen LogP contribution is 2.22. The second kappa shape index (κ2) is 7.78. The van der Waals surface area contributed by atoms with Crippen molar-refractivity contribution in [1.82, 2.24) is 15.0 Å². The molecule has 0 unspecified atom stereocenters. The Kier molecular flexibility index (Phi) is 5.74. The summed E-state index contributed by atoms with van der Waals surface area (Å²) in [6.45, 7) is 3.61. The van der Waals surface area contributed by atoms with Crippen molar-refractivity contribution in [2.24, 2.45) is 0 Å². The molecule has 1 heterocycles. The molecule has 0 saturated heterocycles. The minimum Gasteiger partial charge on any atom is -0.459 e. The summed E-state index contributed by atoms with van der Waals surface area (Å²) >= 11 is 0. The molecule has 0 aliphatic rings. The van der Waals surface area contributed by atoms with Crippen LogP contribution in [0.3, 0.4) is 0 Å². The van der Waals surface area contributed by atoms with Crippen molar-refractivity contribution in [3.05, 3.63) is 29.8 Å². The number of ether oxygens (including phenoxy) is 2. The Morgan fingerprint density at radius 2 is 1.44 bits per heavy atom. The molecule has 25 heavy (non-hydrogen) atoms. The molecular weight excluding hydrogens is 322 g/mol. The van der Waals surface area contributed by atoms with Gasteiger partial charge in [0, 0.05) is 28.2 Å². The van der Waals surface area contributed by atoms with Crippen molar-refractivity contribution in [1.29, 1.82) is 0 Å². The topological polar surface area (TPSA) is 80.7 Å². The van der Waals surface area contributed by atoms with E-state index < -0.39 is 0 Å². The lowest BCUT2D eigenvalue weighted by molar-refractivity contribution is 0.0378. The monoisotopic (exact) mass is 345 g/mol. The van der Waals surface area contributed by atoms with Gasteiger partial charge in [-0.3, -0.25) is 0 Å². The van der Waals surface area contributed by atoms with Gasteiger partial charge < -0.3 is 19.3 Å². The predicted octanol–water partition coefficient (Wildman–Crippen LogP) is 2.36. The maximum absolute atomic E-state index is 11.9. The van der Waals surface area contributed by atoms with Gasteiger partial charge in [0.25, 0.3) is 0 Å². The fraction of sp³-hybridized carbons (Fsp3) is 0.412. The molecule has 0 amide bonds. The van der Waals surface area contributed by atoms with E-state index in [-0.39, 0.29) is 18.1 Å². The molecule has 8 heteroatoms. The van der Waals surface area contributed by atoms with Gasteiger partial charge >= 0.3 is 12.0 Å². The smallest absolute Gasteiger partial charge is 0.338 e. The van der Waals surface area contributed by atoms with Crippen LogP contribution in [0.15, 0.2) is 24.3 Å². The highest BCUT2D eigenvalue weighted by Gasteiger charge is 2.13. The standard InChI is InChI=1S/C17H23N5O3/c1-11(2)24-14(23)12-7-9-13(10-8-12)25-17-19-15(21(3)4)18-16(20-17)22(5)6/h7-11H,1-6H3. The van der Waals surface area contributed by atoms with E-state index in [1.54, 1.807) is 47.9 Å². The molecule has 0 atom stereocenters. The van der Waals surface area contributed by atoms with Gasteiger partial charge in [0.1, 0.15) is 5.75 Å². The zero-order valence-electron chi connectivity index (χ0n) is 15.3. The first kappa shape index (κ1) is 18.4. The van der Waals surface area contributed by atoms with Crippen LogP contribution in [-0.2, 0) is 4.74 Å². The number of carbonyl (C=O) groups is 1. The summed E-state index contributed by atoms with van der Waals surface area (Å²) in [5, 5.41) is 0. The lowest BCUT2D eigenvalue weighted by atomic mass is 10.2. The molecule has 0 aliphatic heterocycles. The van der Waals surface area contributed by atoms with Gasteiger partial charge in [-0.2, -0.15) is 15.0 Å². The Bertz CT molecular complexity index is 703. The molecule has 8 nitrogen and oxygen atoms in total. The third kappa shape index (κ3) is 5.03. The second-order valence-corrected chi connectivity index (χ2v) is 6.09. The third-order valence-corrected chi connectivity index (χ3v) is 3.03. The Morgan fingerprint density at radius 3 is 1.88 bits per heavy atom. The molecular formula is C17H23N5O3. The lowest BCUT2D eigenvalue weighted by Crippen LogP contribution is -2.19. The third-order valence-electron chi connectivity index (χ3n) is 3.03. The number of nitrogens with zero attached hydrogens (tertiary/aromatic N) is 5. The number of anilines is 2. The summed E-state index contributed by atoms with van der Waals surface area (Å²) < 4.78 is 10.9. The van der Waals surface area contributed by atoms with Gasteiger partial charge in [-0.15, -0.1) is 0 Å². The van der Waals surface area contributed by atoms with Crippen LogP contribution in [0.5, 0.6) is 11.8 Å². The quantitative estimate of drug-likeness (QED) is 0.738. The van der Waals surface area contributed by atoms with Crippen molar-refractivity contribution in [2.45, 2.75) is 20.0 Å². The molecule has 0 aliphatic carbocycles. The van der Waals surface area contributed by atoms with Gasteiger partial charge in [0.05, 0.1) is 11.7 Å². The highest BCUT2D eigenvalue weighted by molar-refractivity contribution is 5.89. The van der Waals surface area contributed by atoms with Crippen LogP contribution in [0.4, 0.5) is 11.9 Å². The SMILES string of the molecule is CC(C)OC(=O)c1ccc(Oc2nc(N(C)C)nc(N(C)C)n2)cc1. The Morgan fingerprint density at radius 1 is 0.920 bits per heavy atom. The Labute approximate surface area is 147 Å². The van der Waals surface area contributed by atoms with E-state index in [4.69, 9.17) is 9.47 Å². The van der Waals surface area contributed by atoms with Gasteiger partial charge in [0.15, 0.2) is 0 Å². The average Bonchev–Trinajstić information content (AvgIpc) is 2.54. The van der Waals surface area contributed by atoms with Crippen LogP contribution >= 0.6 is 0 Å². The largest absolute Gasteiger partial charge is 0.459 e. The van der Waals surface area contributed by atoms with Crippen LogP contribution in [0.1, 0.15) is 24.2 Å². The predicted molar refractivity (Wildman–Crippen MR) is 95.5 cm³/mol. The normalized spacial score (nSPS) is 10.5. The van der Waals surface area contributed by atoms with Gasteiger partial charge in [0.2, 0.25) is 11.9 Å². The van der Waals surface area contributed by atoms with Crippen LogP contribution in [0, 0.1) is 0 Å². The molecule has 0 bridgehead atoms. The lowest BCUT2D eigenvalue weighted by Gasteiger charge is -2.16. The molecule has 1 aromatic carbocycles. The first-order chi connectivity index (χ1) is 11.8. The summed E-state index contributed by atoms with van der Waals surface area (Å²) in [5.41, 5.74) is 0.458. The van der Waals surface area contributed by atoms with Crippen molar-refractivity contribution >= 4 is 17.9 Å². The molecule has 0 N–H and O–H groups in total. The van der Waals surface area contributed by atoms with E-state index in [1.165, 1.54) is 0 Å². The first-order valence-electron chi connectivity index (χ1n) is 7.86. The average molecular weight is 345 g/mol. The van der Waals surface area contributed by atoms with Crippen LogP contribution in [0.2, 0.25) is 0 Å². The molecule has 2 aromatic rings. The molecule has 1 aromatic heterocycles. The summed E-state index contributed by atoms with van der Waals surface area (Å²) in [5.74, 6) is 1.13. The number of hydrogen-bond donors (Lipinski definition) is 0. The summed E-state index contributed by atoms with van der Waals surface area (Å²) in [6.07, 6.45) is -0.164. The minimum absolute atomic E-state index is 0.164. The number of rotatable bonds is 6. The highest BCUT2D eigenvalue weighted by atomic mass is 16.5. The van der Waals surface area contributed by atoms with E-state index in [0.29, 0.717) is 23.2 Å². The van der Waals surface area contributed by atoms with Crippen molar-refractivity contribution < 1.29 is 14.3 Å². The Balaban J connectivity index is 2.20. The van der Waals surface area contributed by atoms with Gasteiger partial charge in [-0.25, -0.2) is 4.79 Å². The van der Waals surface area contributed by atoms with Crippen LogP contribution in [-0.4, -0.2) is 55.2 Å². The Hall–Kier alpha value is -2.90. The van der Waals surface area contributed by atoms with Crippen LogP contribution in [0.25, 0.3) is 0 Å². The zero-order chi connectivity index (χ0) is 18.6. The molecule has 2 rings (SSSR count). The fourth-order valence-electron chi connectivity index (χ4n) is 1.83. The number of hydrogen-bond acceptors (Lipinski definition) is 8. The minimum atomic E-state index is -0.369. The summed E-state index contributed by atoms with van der Waals surface area (Å²) in [6, 6.07) is 6.80. The molecule has 134 valence electrons. The number of aromatic nitrogens is 3. The van der Waals surface area contributed by atoms with Crippen molar-refractivity contribution in [3.8, 4) is 11.8 Å². The second-order valence-electron chi connectivity index (χ2n) is 6.09. The molecule has 0 radical (unpaired) electrons. The maximum Gasteiger partial charge on any atom is 0.338 e. The zero-order valence-corrected chi connectivity index (χ0v) is 15.3. The van der Waals surface area contributed by atoms with E-state index in [1.807, 2.05) is 28.2 Å². The van der Waals surface area contributed by atoms with Gasteiger partial charge in [-0.05, 0) is 38.1 Å². The van der Waals surface area contributed by atoms with Crippen molar-refractivity contribution in [2.75, 3.05) is 38.0 Å². The van der Waals surface area contributed by atoms with E-state index in [9.17, 15) is 4.79 Å². The number of benzene rings is 1. The molecule has 0 spiro atoms. The first-order valence-corrected chi connectivity index (χ1v) is 7.86. The van der Waals surface area contributed by atoms with E-state index in [2.05, 4.69) is 15.0 Å². The van der Waals surface area contributed by atoms with E-state index in [0.717, 1.165) is 0 Å². The van der Waals surface area contributed by atoms with Gasteiger partial charge in [-0.1, -0.05) is 0 Å². The number of esters is 1. The van der Waals surface area contributed by atoms with Crippen LogP contribution < -0.4 is 14.5 Å². The number of carbonyl (C=O) groups excluding carboxylic acids is 1. The molecule has 0 fully saturated rings. The fourth-order valence-corrected chi connectivity index (χ4v) is 1.83. The van der Waals surface area contributed by atoms with Crippen molar-refractivity contribution in [3.63, 3.8) is 0 Å². The van der Waals surface area contributed by atoms with E-state index >= 15 is 0 Å². The maximum atomic E-state index is 11.9. The summed E-state index contributed by atoms with van der Waals surface area (Å²) in [7, 11) is 7.36. The molecule has 0 saturated carbocycles.